The Labute approximate surface area is 192 Å². The van der Waals surface area contributed by atoms with Crippen LogP contribution in [0.5, 0.6) is 0 Å². The third kappa shape index (κ3) is 16.9. The average Bonchev–Trinajstić information content (AvgIpc) is 2.48. The standard InChI is InChI=1S/C18H38O4S.K/c1-3-5-6-7-8-9-10-11-12-13-14-17(19)15-16-18(4-2)23(20,21)22;/h17-19H,3-16H2,1-2H3,(H,20,21,22);/q;+1/p-1. The van der Waals surface area contributed by atoms with Gasteiger partial charge in [-0.3, -0.25) is 0 Å². The third-order valence-corrected chi connectivity index (χ3v) is 5.96. The van der Waals surface area contributed by atoms with Crippen molar-refractivity contribution < 1.29 is 69.5 Å². The monoisotopic (exact) mass is 388 g/mol. The molecule has 0 aromatic carbocycles. The number of hydrogen-bond donors (Lipinski definition) is 1. The first-order valence-electron chi connectivity index (χ1n) is 9.54. The minimum atomic E-state index is -4.22. The van der Waals surface area contributed by atoms with Gasteiger partial charge in [-0.1, -0.05) is 78.1 Å². The molecular formula is C18H37KO4S. The molecule has 24 heavy (non-hydrogen) atoms. The maximum absolute atomic E-state index is 11.0. The molecule has 0 saturated carbocycles. The number of aliphatic hydroxyl groups excluding tert-OH is 1. The fraction of sp³-hybridized carbons (Fsp3) is 1.00. The van der Waals surface area contributed by atoms with E-state index in [0.29, 0.717) is 19.3 Å². The van der Waals surface area contributed by atoms with Crippen LogP contribution in [0.3, 0.4) is 0 Å². The molecule has 0 aromatic rings. The number of rotatable bonds is 16. The van der Waals surface area contributed by atoms with Crippen LogP contribution in [0.15, 0.2) is 0 Å². The molecular weight excluding hydrogens is 351 g/mol. The molecule has 0 bridgehead atoms. The minimum absolute atomic E-state index is 0. The van der Waals surface area contributed by atoms with Crippen molar-refractivity contribution >= 4 is 10.1 Å². The molecule has 2 atom stereocenters. The predicted octanol–water partition coefficient (Wildman–Crippen LogP) is 1.77. The van der Waals surface area contributed by atoms with Gasteiger partial charge in [0.2, 0.25) is 0 Å². The summed E-state index contributed by atoms with van der Waals surface area (Å²) in [6, 6.07) is 0. The number of aliphatic hydroxyl groups is 1. The van der Waals surface area contributed by atoms with Gasteiger partial charge in [-0.05, 0) is 25.7 Å². The van der Waals surface area contributed by atoms with Crippen LogP contribution >= 0.6 is 0 Å². The second-order valence-electron chi connectivity index (χ2n) is 6.72. The molecule has 0 fully saturated rings. The first-order valence-corrected chi connectivity index (χ1v) is 11.0. The molecule has 0 aliphatic carbocycles. The van der Waals surface area contributed by atoms with Gasteiger partial charge >= 0.3 is 51.4 Å². The van der Waals surface area contributed by atoms with Crippen LogP contribution in [0.4, 0.5) is 0 Å². The van der Waals surface area contributed by atoms with E-state index in [0.717, 1.165) is 12.8 Å². The Morgan fingerprint density at radius 1 is 0.792 bits per heavy atom. The van der Waals surface area contributed by atoms with Crippen LogP contribution in [-0.4, -0.2) is 29.4 Å². The maximum atomic E-state index is 11.0. The topological polar surface area (TPSA) is 77.4 Å². The van der Waals surface area contributed by atoms with Gasteiger partial charge in [0.15, 0.2) is 0 Å². The van der Waals surface area contributed by atoms with Gasteiger partial charge < -0.3 is 9.66 Å². The summed E-state index contributed by atoms with van der Waals surface area (Å²) < 4.78 is 32.9. The first kappa shape index (κ1) is 27.7. The van der Waals surface area contributed by atoms with Gasteiger partial charge in [-0.25, -0.2) is 8.42 Å². The van der Waals surface area contributed by atoms with Crippen LogP contribution in [-0.2, 0) is 10.1 Å². The molecule has 0 amide bonds. The van der Waals surface area contributed by atoms with Gasteiger partial charge in [0.25, 0.3) is 0 Å². The Morgan fingerprint density at radius 2 is 1.25 bits per heavy atom. The Hall–Kier alpha value is 1.51. The van der Waals surface area contributed by atoms with E-state index in [1.807, 2.05) is 0 Å². The summed E-state index contributed by atoms with van der Waals surface area (Å²) in [6.07, 6.45) is 13.9. The Kier molecular flexibility index (Phi) is 20.7. The van der Waals surface area contributed by atoms with Crippen LogP contribution in [0.1, 0.15) is 104 Å². The van der Waals surface area contributed by atoms with Crippen LogP contribution < -0.4 is 51.4 Å². The van der Waals surface area contributed by atoms with Crippen molar-refractivity contribution in [2.45, 2.75) is 115 Å². The number of unbranched alkanes of at least 4 members (excludes halogenated alkanes) is 9. The normalized spacial score (nSPS) is 14.2. The van der Waals surface area contributed by atoms with Crippen molar-refractivity contribution in [3.8, 4) is 0 Å². The predicted molar refractivity (Wildman–Crippen MR) is 95.5 cm³/mol. The Balaban J connectivity index is 0. The molecule has 0 aliphatic heterocycles. The van der Waals surface area contributed by atoms with Crippen molar-refractivity contribution in [2.75, 3.05) is 0 Å². The van der Waals surface area contributed by atoms with Gasteiger partial charge in [0.05, 0.1) is 16.2 Å². The summed E-state index contributed by atoms with van der Waals surface area (Å²) in [7, 11) is -4.22. The van der Waals surface area contributed by atoms with E-state index in [4.69, 9.17) is 0 Å². The fourth-order valence-electron chi connectivity index (χ4n) is 2.94. The van der Waals surface area contributed by atoms with Gasteiger partial charge in [0, 0.05) is 5.25 Å². The summed E-state index contributed by atoms with van der Waals surface area (Å²) in [5.74, 6) is 0. The molecule has 2 unspecified atom stereocenters. The largest absolute Gasteiger partial charge is 1.00 e. The summed E-state index contributed by atoms with van der Waals surface area (Å²) in [4.78, 5) is 0. The summed E-state index contributed by atoms with van der Waals surface area (Å²) in [6.45, 7) is 3.94. The van der Waals surface area contributed by atoms with Crippen molar-refractivity contribution in [1.29, 1.82) is 0 Å². The third-order valence-electron chi connectivity index (χ3n) is 4.58. The maximum Gasteiger partial charge on any atom is 1.00 e. The molecule has 0 heterocycles. The fourth-order valence-corrected chi connectivity index (χ4v) is 3.78. The van der Waals surface area contributed by atoms with Crippen molar-refractivity contribution in [3.63, 3.8) is 0 Å². The summed E-state index contributed by atoms with van der Waals surface area (Å²) in [5.41, 5.74) is 0. The molecule has 0 spiro atoms. The van der Waals surface area contributed by atoms with E-state index >= 15 is 0 Å². The Bertz CT molecular complexity index is 360. The van der Waals surface area contributed by atoms with Crippen LogP contribution in [0.25, 0.3) is 0 Å². The van der Waals surface area contributed by atoms with E-state index < -0.39 is 21.5 Å². The molecule has 140 valence electrons. The summed E-state index contributed by atoms with van der Waals surface area (Å²) >= 11 is 0. The zero-order valence-corrected chi connectivity index (χ0v) is 20.1. The average molecular weight is 389 g/mol. The quantitative estimate of drug-likeness (QED) is 0.248. The SMILES string of the molecule is CCCCCCCCCCCCC(O)CCC(CC)S(=O)(=O)[O-].[K+]. The van der Waals surface area contributed by atoms with E-state index in [2.05, 4.69) is 6.92 Å². The van der Waals surface area contributed by atoms with Crippen molar-refractivity contribution in [2.24, 2.45) is 0 Å². The van der Waals surface area contributed by atoms with E-state index in [1.165, 1.54) is 51.4 Å². The van der Waals surface area contributed by atoms with E-state index in [-0.39, 0.29) is 57.8 Å². The smallest absolute Gasteiger partial charge is 0.748 e. The second kappa shape index (κ2) is 17.9. The molecule has 0 radical (unpaired) electrons. The van der Waals surface area contributed by atoms with Crippen LogP contribution in [0.2, 0.25) is 0 Å². The summed E-state index contributed by atoms with van der Waals surface area (Å²) in [5, 5.41) is 9.04. The molecule has 0 aromatic heterocycles. The first-order chi connectivity index (χ1) is 10.9. The molecule has 0 aliphatic rings. The van der Waals surface area contributed by atoms with Gasteiger partial charge in [0.1, 0.15) is 0 Å². The minimum Gasteiger partial charge on any atom is -0.748 e. The van der Waals surface area contributed by atoms with Crippen molar-refractivity contribution in [3.05, 3.63) is 0 Å². The van der Waals surface area contributed by atoms with Crippen LogP contribution in [0, 0.1) is 0 Å². The van der Waals surface area contributed by atoms with Gasteiger partial charge in [-0.15, -0.1) is 0 Å². The van der Waals surface area contributed by atoms with Gasteiger partial charge in [-0.2, -0.15) is 0 Å². The molecule has 0 saturated heterocycles. The number of hydrogen-bond acceptors (Lipinski definition) is 4. The van der Waals surface area contributed by atoms with Crippen molar-refractivity contribution in [1.82, 2.24) is 0 Å². The molecule has 0 rings (SSSR count). The molecule has 4 nitrogen and oxygen atoms in total. The molecule has 6 heteroatoms. The Morgan fingerprint density at radius 3 is 1.67 bits per heavy atom. The second-order valence-corrected chi connectivity index (χ2v) is 8.38. The van der Waals surface area contributed by atoms with E-state index in [1.54, 1.807) is 6.92 Å². The molecule has 1 N–H and O–H groups in total. The zero-order valence-electron chi connectivity index (χ0n) is 16.1. The van der Waals surface area contributed by atoms with E-state index in [9.17, 15) is 18.1 Å². The zero-order chi connectivity index (χ0) is 17.6.